The van der Waals surface area contributed by atoms with Crippen LogP contribution in [0.1, 0.15) is 16.1 Å². The van der Waals surface area contributed by atoms with Gasteiger partial charge in [-0.05, 0) is 39.2 Å². The Morgan fingerprint density at radius 3 is 2.84 bits per heavy atom. The Hall–Kier alpha value is -1.52. The van der Waals surface area contributed by atoms with Crippen LogP contribution in [-0.2, 0) is 0 Å². The average Bonchev–Trinajstić information content (AvgIpc) is 2.63. The predicted octanol–water partition coefficient (Wildman–Crippen LogP) is 2.42. The van der Waals surface area contributed by atoms with Crippen LogP contribution in [0.15, 0.2) is 18.2 Å². The van der Waals surface area contributed by atoms with Gasteiger partial charge < -0.3 is 15.2 Å². The highest BCUT2D eigenvalue weighted by Crippen LogP contribution is 2.25. The molecule has 0 aliphatic rings. The normalized spacial score (nSPS) is 11.2. The Morgan fingerprint density at radius 2 is 2.16 bits per heavy atom. The number of nitrogens with zero attached hydrogens (tertiary/aromatic N) is 1. The zero-order valence-electron chi connectivity index (χ0n) is 11.4. The highest BCUT2D eigenvalue weighted by molar-refractivity contribution is 6.31. The summed E-state index contributed by atoms with van der Waals surface area (Å²) in [6.45, 7) is 3.33. The fourth-order valence-corrected chi connectivity index (χ4v) is 2.24. The molecule has 2 aromatic rings. The molecule has 0 bridgehead atoms. The summed E-state index contributed by atoms with van der Waals surface area (Å²) in [6, 6.07) is 5.52. The van der Waals surface area contributed by atoms with Crippen LogP contribution in [0.25, 0.3) is 10.9 Å². The first-order valence-corrected chi connectivity index (χ1v) is 6.57. The largest absolute Gasteiger partial charge is 0.358 e. The highest BCUT2D eigenvalue weighted by Gasteiger charge is 2.15. The fraction of sp³-hybridized carbons (Fsp3) is 0.357. The standard InChI is InChI=1S/C14H18ClN3O/c1-9-13(14(19)16-6-7-18(2)3)11-8-10(15)4-5-12(11)17-9/h4-5,8,17H,6-7H2,1-3H3,(H,16,19). The molecule has 0 unspecified atom stereocenters. The van der Waals surface area contributed by atoms with Gasteiger partial charge in [0, 0.05) is 34.7 Å². The third-order valence-electron chi connectivity index (χ3n) is 3.02. The van der Waals surface area contributed by atoms with Crippen LogP contribution in [0.3, 0.4) is 0 Å². The van der Waals surface area contributed by atoms with E-state index >= 15 is 0 Å². The van der Waals surface area contributed by atoms with Gasteiger partial charge in [0.15, 0.2) is 0 Å². The molecule has 0 saturated heterocycles. The summed E-state index contributed by atoms with van der Waals surface area (Å²) < 4.78 is 0. The number of carbonyl (C=O) groups is 1. The second-order valence-corrected chi connectivity index (χ2v) is 5.31. The van der Waals surface area contributed by atoms with Crippen LogP contribution < -0.4 is 5.32 Å². The van der Waals surface area contributed by atoms with E-state index < -0.39 is 0 Å². The molecule has 0 saturated carbocycles. The van der Waals surface area contributed by atoms with Crippen molar-refractivity contribution in [2.75, 3.05) is 27.2 Å². The Bertz CT molecular complexity index is 604. The van der Waals surface area contributed by atoms with Crippen LogP contribution in [0.5, 0.6) is 0 Å². The number of halogens is 1. The predicted molar refractivity (Wildman–Crippen MR) is 78.9 cm³/mol. The first-order chi connectivity index (χ1) is 8.99. The van der Waals surface area contributed by atoms with Crippen molar-refractivity contribution in [3.8, 4) is 0 Å². The topological polar surface area (TPSA) is 48.1 Å². The van der Waals surface area contributed by atoms with E-state index in [-0.39, 0.29) is 5.91 Å². The van der Waals surface area contributed by atoms with E-state index in [2.05, 4.69) is 10.3 Å². The summed E-state index contributed by atoms with van der Waals surface area (Å²) in [6.07, 6.45) is 0. The van der Waals surface area contributed by atoms with Gasteiger partial charge in [-0.1, -0.05) is 11.6 Å². The summed E-state index contributed by atoms with van der Waals surface area (Å²) in [5.74, 6) is -0.0622. The fourth-order valence-electron chi connectivity index (χ4n) is 2.07. The molecule has 19 heavy (non-hydrogen) atoms. The van der Waals surface area contributed by atoms with E-state index in [1.807, 2.05) is 44.1 Å². The Labute approximate surface area is 117 Å². The van der Waals surface area contributed by atoms with Crippen molar-refractivity contribution < 1.29 is 4.79 Å². The Balaban J connectivity index is 2.26. The first-order valence-electron chi connectivity index (χ1n) is 6.20. The second kappa shape index (κ2) is 5.63. The molecule has 4 nitrogen and oxygen atoms in total. The lowest BCUT2D eigenvalue weighted by molar-refractivity contribution is 0.0952. The van der Waals surface area contributed by atoms with E-state index in [0.29, 0.717) is 17.1 Å². The van der Waals surface area contributed by atoms with Crippen LogP contribution in [0.4, 0.5) is 0 Å². The minimum absolute atomic E-state index is 0.0622. The summed E-state index contributed by atoms with van der Waals surface area (Å²) in [5.41, 5.74) is 2.47. The molecule has 1 heterocycles. The van der Waals surface area contributed by atoms with Crippen LogP contribution in [0.2, 0.25) is 5.02 Å². The Morgan fingerprint density at radius 1 is 1.42 bits per heavy atom. The van der Waals surface area contributed by atoms with Crippen molar-refractivity contribution in [3.63, 3.8) is 0 Å². The molecule has 102 valence electrons. The molecule has 0 fully saturated rings. The molecule has 0 aliphatic carbocycles. The number of likely N-dealkylation sites (N-methyl/N-ethyl adjacent to an activating group) is 1. The molecule has 2 rings (SSSR count). The number of benzene rings is 1. The van der Waals surface area contributed by atoms with Gasteiger partial charge in [0.25, 0.3) is 5.91 Å². The number of aryl methyl sites for hydroxylation is 1. The highest BCUT2D eigenvalue weighted by atomic mass is 35.5. The van der Waals surface area contributed by atoms with Crippen molar-refractivity contribution in [2.45, 2.75) is 6.92 Å². The van der Waals surface area contributed by atoms with E-state index in [0.717, 1.165) is 23.1 Å². The lowest BCUT2D eigenvalue weighted by Crippen LogP contribution is -2.31. The third kappa shape index (κ3) is 3.08. The second-order valence-electron chi connectivity index (χ2n) is 4.87. The molecule has 0 radical (unpaired) electrons. The zero-order valence-corrected chi connectivity index (χ0v) is 12.1. The molecule has 2 N–H and O–H groups in total. The molecule has 0 aliphatic heterocycles. The average molecular weight is 280 g/mol. The van der Waals surface area contributed by atoms with E-state index in [4.69, 9.17) is 11.6 Å². The summed E-state index contributed by atoms with van der Waals surface area (Å²) in [7, 11) is 3.95. The zero-order chi connectivity index (χ0) is 14.0. The summed E-state index contributed by atoms with van der Waals surface area (Å²) in [4.78, 5) is 17.5. The number of fused-ring (bicyclic) bond motifs is 1. The van der Waals surface area contributed by atoms with Gasteiger partial charge in [0.05, 0.1) is 5.56 Å². The minimum atomic E-state index is -0.0622. The maximum atomic E-state index is 12.2. The lowest BCUT2D eigenvalue weighted by atomic mass is 10.1. The number of aromatic nitrogens is 1. The van der Waals surface area contributed by atoms with Gasteiger partial charge in [0.1, 0.15) is 0 Å². The number of nitrogens with one attached hydrogen (secondary N) is 2. The van der Waals surface area contributed by atoms with Gasteiger partial charge in [-0.2, -0.15) is 0 Å². The third-order valence-corrected chi connectivity index (χ3v) is 3.25. The number of hydrogen-bond donors (Lipinski definition) is 2. The van der Waals surface area contributed by atoms with Crippen LogP contribution in [-0.4, -0.2) is 43.0 Å². The monoisotopic (exact) mass is 279 g/mol. The van der Waals surface area contributed by atoms with Crippen molar-refractivity contribution >= 4 is 28.4 Å². The molecule has 1 aromatic heterocycles. The number of hydrogen-bond acceptors (Lipinski definition) is 2. The van der Waals surface area contributed by atoms with E-state index in [9.17, 15) is 4.79 Å². The maximum Gasteiger partial charge on any atom is 0.253 e. The van der Waals surface area contributed by atoms with Gasteiger partial charge in [-0.25, -0.2) is 0 Å². The van der Waals surface area contributed by atoms with Crippen molar-refractivity contribution in [2.24, 2.45) is 0 Å². The molecular weight excluding hydrogens is 262 g/mol. The summed E-state index contributed by atoms with van der Waals surface area (Å²) >= 11 is 6.00. The van der Waals surface area contributed by atoms with E-state index in [1.165, 1.54) is 0 Å². The first kappa shape index (κ1) is 13.9. The van der Waals surface area contributed by atoms with Crippen LogP contribution >= 0.6 is 11.6 Å². The van der Waals surface area contributed by atoms with Crippen molar-refractivity contribution in [3.05, 3.63) is 34.5 Å². The quantitative estimate of drug-likeness (QED) is 0.903. The van der Waals surface area contributed by atoms with Crippen molar-refractivity contribution in [1.82, 2.24) is 15.2 Å². The summed E-state index contributed by atoms with van der Waals surface area (Å²) in [5, 5.41) is 4.43. The number of carbonyl (C=O) groups excluding carboxylic acids is 1. The smallest absolute Gasteiger partial charge is 0.253 e. The van der Waals surface area contributed by atoms with Crippen LogP contribution in [0, 0.1) is 6.92 Å². The molecule has 1 aromatic carbocycles. The number of rotatable bonds is 4. The maximum absolute atomic E-state index is 12.2. The molecule has 5 heteroatoms. The molecule has 1 amide bonds. The number of amides is 1. The van der Waals surface area contributed by atoms with Crippen molar-refractivity contribution in [1.29, 1.82) is 0 Å². The van der Waals surface area contributed by atoms with Gasteiger partial charge in [-0.3, -0.25) is 4.79 Å². The van der Waals surface area contributed by atoms with Gasteiger partial charge in [-0.15, -0.1) is 0 Å². The van der Waals surface area contributed by atoms with Gasteiger partial charge >= 0.3 is 0 Å². The Kier molecular flexibility index (Phi) is 4.12. The SMILES string of the molecule is Cc1[nH]c2ccc(Cl)cc2c1C(=O)NCCN(C)C. The molecule has 0 atom stereocenters. The molecule has 0 spiro atoms. The lowest BCUT2D eigenvalue weighted by Gasteiger charge is -2.10. The van der Waals surface area contributed by atoms with E-state index in [1.54, 1.807) is 0 Å². The number of aromatic amines is 1. The minimum Gasteiger partial charge on any atom is -0.358 e. The van der Waals surface area contributed by atoms with Gasteiger partial charge in [0.2, 0.25) is 0 Å². The number of H-pyrrole nitrogens is 1. The molecular formula is C14H18ClN3O.